The number of benzene rings is 4. The zero-order valence-electron chi connectivity index (χ0n) is 35.7. The van der Waals surface area contributed by atoms with Crippen molar-refractivity contribution in [2.45, 2.75) is 74.4 Å². The van der Waals surface area contributed by atoms with Crippen LogP contribution >= 0.6 is 11.8 Å². The van der Waals surface area contributed by atoms with E-state index < -0.39 is 10.1 Å². The van der Waals surface area contributed by atoms with E-state index in [-0.39, 0.29) is 22.9 Å². The van der Waals surface area contributed by atoms with Crippen molar-refractivity contribution >= 4 is 21.9 Å². The van der Waals surface area contributed by atoms with Crippen molar-refractivity contribution in [3.63, 3.8) is 0 Å². The molecular formula is C49H68O9S2. The maximum absolute atomic E-state index is 12.1. The molecule has 0 atom stereocenters. The van der Waals surface area contributed by atoms with Gasteiger partial charge in [0.2, 0.25) is 0 Å². The van der Waals surface area contributed by atoms with Gasteiger partial charge in [-0.2, -0.15) is 8.42 Å². The molecule has 0 heterocycles. The van der Waals surface area contributed by atoms with Gasteiger partial charge in [0.25, 0.3) is 10.1 Å². The normalized spacial score (nSPS) is 11.9. The summed E-state index contributed by atoms with van der Waals surface area (Å²) in [6, 6.07) is 39.5. The van der Waals surface area contributed by atoms with Gasteiger partial charge < -0.3 is 28.4 Å². The van der Waals surface area contributed by atoms with Gasteiger partial charge in [-0.25, -0.2) is 0 Å². The third-order valence-electron chi connectivity index (χ3n) is 9.93. The van der Waals surface area contributed by atoms with Crippen molar-refractivity contribution in [3.8, 4) is 0 Å². The molecule has 0 saturated carbocycles. The summed E-state index contributed by atoms with van der Waals surface area (Å²) in [5.41, 5.74) is 5.00. The minimum absolute atomic E-state index is 0.0507. The molecule has 0 aliphatic carbocycles. The average Bonchev–Trinajstić information content (AvgIpc) is 3.28. The Kier molecular flexibility index (Phi) is 25.5. The van der Waals surface area contributed by atoms with Crippen molar-refractivity contribution in [3.05, 3.63) is 138 Å². The molecule has 0 bridgehead atoms. The maximum atomic E-state index is 12.1. The lowest BCUT2D eigenvalue weighted by molar-refractivity contribution is -0.0178. The Morgan fingerprint density at radius 2 is 0.733 bits per heavy atom. The predicted octanol–water partition coefficient (Wildman–Crippen LogP) is 10.0. The van der Waals surface area contributed by atoms with Gasteiger partial charge in [0, 0.05) is 6.61 Å². The number of hydrogen-bond acceptors (Lipinski definition) is 10. The Bertz CT molecular complexity index is 1630. The van der Waals surface area contributed by atoms with E-state index in [2.05, 4.69) is 103 Å². The lowest BCUT2D eigenvalue weighted by Gasteiger charge is -2.35. The summed E-state index contributed by atoms with van der Waals surface area (Å²) < 4.78 is 62.3. The lowest BCUT2D eigenvalue weighted by atomic mass is 9.84. The number of ether oxygens (including phenoxy) is 6. The van der Waals surface area contributed by atoms with Gasteiger partial charge in [0.05, 0.1) is 88.9 Å². The Morgan fingerprint density at radius 3 is 1.13 bits per heavy atom. The second-order valence-corrected chi connectivity index (χ2v) is 17.5. The van der Waals surface area contributed by atoms with Gasteiger partial charge in [0.15, 0.2) is 0 Å². The fourth-order valence-corrected chi connectivity index (χ4v) is 9.17. The quantitative estimate of drug-likeness (QED) is 0.0250. The van der Waals surface area contributed by atoms with Crippen LogP contribution in [0.2, 0.25) is 0 Å². The molecular weight excluding hydrogens is 797 g/mol. The van der Waals surface area contributed by atoms with E-state index in [1.807, 2.05) is 6.92 Å². The highest BCUT2D eigenvalue weighted by Gasteiger charge is 2.36. The van der Waals surface area contributed by atoms with Gasteiger partial charge >= 0.3 is 0 Å². The number of rotatable bonds is 36. The highest BCUT2D eigenvalue weighted by molar-refractivity contribution is 8.00. The van der Waals surface area contributed by atoms with Crippen molar-refractivity contribution in [1.29, 1.82) is 0 Å². The summed E-state index contributed by atoms with van der Waals surface area (Å²) >= 11 is 2.08. The standard InChI is InChI=1S/C49H68O9S2/c1-44-26-28-48(29-27-44)60(50,51)58-42-41-57-40-39-56-38-37-55-36-35-54-34-33-53-32-31-52-30-18-7-5-3-2-4-6-8-19-43-59-49(45-20-12-9-13-21-45,46-22-14-10-15-23-46)47-24-16-11-17-25-47/h9-17,20-29H,2-8,18-19,30-43H2,1H3. The van der Waals surface area contributed by atoms with Gasteiger partial charge in [-0.1, -0.05) is 154 Å². The summed E-state index contributed by atoms with van der Waals surface area (Å²) in [7, 11) is -3.77. The van der Waals surface area contributed by atoms with E-state index in [1.165, 1.54) is 80.2 Å². The van der Waals surface area contributed by atoms with Crippen LogP contribution in [0.1, 0.15) is 80.0 Å². The van der Waals surface area contributed by atoms with Gasteiger partial charge in [-0.3, -0.25) is 4.18 Å². The van der Waals surface area contributed by atoms with Crippen LogP contribution in [-0.4, -0.2) is 100 Å². The first-order valence-corrected chi connectivity index (χ1v) is 24.1. The Balaban J connectivity index is 0.864. The molecule has 4 aromatic rings. The first-order chi connectivity index (χ1) is 29.5. The zero-order chi connectivity index (χ0) is 42.2. The van der Waals surface area contributed by atoms with Crippen molar-refractivity contribution < 1.29 is 41.0 Å². The highest BCUT2D eigenvalue weighted by Crippen LogP contribution is 2.48. The number of thioether (sulfide) groups is 1. The molecule has 0 saturated heterocycles. The van der Waals surface area contributed by atoms with Crippen molar-refractivity contribution in [1.82, 2.24) is 0 Å². The molecule has 60 heavy (non-hydrogen) atoms. The summed E-state index contributed by atoms with van der Waals surface area (Å²) in [5, 5.41) is 0. The molecule has 0 unspecified atom stereocenters. The molecule has 0 radical (unpaired) electrons. The van der Waals surface area contributed by atoms with Crippen LogP contribution in [0.4, 0.5) is 0 Å². The van der Waals surface area contributed by atoms with E-state index >= 15 is 0 Å². The molecule has 0 amide bonds. The SMILES string of the molecule is Cc1ccc(S(=O)(=O)OCCOCCOCCOCCOCCOCCOCCCCCCCCCCCSC(c2ccccc2)(c2ccccc2)c2ccccc2)cc1. The van der Waals surface area contributed by atoms with Crippen LogP contribution in [0.5, 0.6) is 0 Å². The molecule has 4 rings (SSSR count). The highest BCUT2D eigenvalue weighted by atomic mass is 32.2. The summed E-state index contributed by atoms with van der Waals surface area (Å²) in [6.45, 7) is 7.62. The fourth-order valence-electron chi connectivity index (χ4n) is 6.71. The average molecular weight is 865 g/mol. The van der Waals surface area contributed by atoms with E-state index in [0.29, 0.717) is 66.1 Å². The fraction of sp³-hybridized carbons (Fsp3) is 0.510. The van der Waals surface area contributed by atoms with Crippen LogP contribution < -0.4 is 0 Å². The van der Waals surface area contributed by atoms with Crippen LogP contribution in [-0.2, 0) is 47.5 Å². The number of hydrogen-bond donors (Lipinski definition) is 0. The maximum Gasteiger partial charge on any atom is 0.297 e. The summed E-state index contributed by atoms with van der Waals surface area (Å²) in [4.78, 5) is 0.136. The molecule has 330 valence electrons. The molecule has 0 aliphatic heterocycles. The zero-order valence-corrected chi connectivity index (χ0v) is 37.4. The van der Waals surface area contributed by atoms with Gasteiger partial charge in [0.1, 0.15) is 0 Å². The first kappa shape index (κ1) is 49.6. The topological polar surface area (TPSA) is 98.8 Å². The second-order valence-electron chi connectivity index (χ2n) is 14.6. The second kappa shape index (κ2) is 30.9. The van der Waals surface area contributed by atoms with Crippen LogP contribution in [0.25, 0.3) is 0 Å². The number of aryl methyl sites for hydroxylation is 1. The molecule has 9 nitrogen and oxygen atoms in total. The first-order valence-electron chi connectivity index (χ1n) is 21.8. The minimum Gasteiger partial charge on any atom is -0.379 e. The van der Waals surface area contributed by atoms with E-state index in [4.69, 9.17) is 32.6 Å². The largest absolute Gasteiger partial charge is 0.379 e. The van der Waals surface area contributed by atoms with Crippen LogP contribution in [0.3, 0.4) is 0 Å². The monoisotopic (exact) mass is 864 g/mol. The molecule has 4 aromatic carbocycles. The summed E-state index contributed by atoms with van der Waals surface area (Å²) in [5.74, 6) is 1.12. The molecule has 0 N–H and O–H groups in total. The Labute approximate surface area is 364 Å². The van der Waals surface area contributed by atoms with E-state index in [1.54, 1.807) is 12.1 Å². The molecule has 11 heteroatoms. The minimum atomic E-state index is -3.77. The van der Waals surface area contributed by atoms with Crippen LogP contribution in [0.15, 0.2) is 120 Å². The smallest absolute Gasteiger partial charge is 0.297 e. The third kappa shape index (κ3) is 19.3. The molecule has 0 spiro atoms. The van der Waals surface area contributed by atoms with Gasteiger partial charge in [-0.05, 0) is 54.3 Å². The van der Waals surface area contributed by atoms with E-state index in [0.717, 1.165) is 24.3 Å². The van der Waals surface area contributed by atoms with Crippen molar-refractivity contribution in [2.75, 3.05) is 91.6 Å². The Morgan fingerprint density at radius 1 is 0.400 bits per heavy atom. The molecule has 0 aliphatic rings. The van der Waals surface area contributed by atoms with E-state index in [9.17, 15) is 8.42 Å². The lowest BCUT2D eigenvalue weighted by Crippen LogP contribution is -2.26. The third-order valence-corrected chi connectivity index (χ3v) is 12.9. The predicted molar refractivity (Wildman–Crippen MR) is 242 cm³/mol. The molecule has 0 fully saturated rings. The van der Waals surface area contributed by atoms with Crippen molar-refractivity contribution in [2.24, 2.45) is 0 Å². The Hall–Kier alpha value is -3.10. The summed E-state index contributed by atoms with van der Waals surface area (Å²) in [6.07, 6.45) is 11.3. The van der Waals surface area contributed by atoms with Crippen LogP contribution in [0, 0.1) is 6.92 Å². The number of unbranched alkanes of at least 4 members (excludes halogenated alkanes) is 8. The molecule has 0 aromatic heterocycles. The van der Waals surface area contributed by atoms with Gasteiger partial charge in [-0.15, -0.1) is 11.8 Å².